The third kappa shape index (κ3) is 1.17. The van der Waals surface area contributed by atoms with Crippen molar-refractivity contribution in [3.8, 4) is 0 Å². The maximum Gasteiger partial charge on any atom is 0.0564 e. The van der Waals surface area contributed by atoms with Crippen LogP contribution in [0.25, 0.3) is 0 Å². The molecule has 3 aliphatic rings. The molecule has 1 saturated carbocycles. The van der Waals surface area contributed by atoms with Gasteiger partial charge in [0, 0.05) is 17.4 Å². The van der Waals surface area contributed by atoms with E-state index in [1.807, 2.05) is 0 Å². The number of hydrogen-bond acceptors (Lipinski definition) is 3. The lowest BCUT2D eigenvalue weighted by molar-refractivity contribution is -0.284. The third-order valence-corrected chi connectivity index (χ3v) is 5.06. The fraction of sp³-hybridized carbons (Fsp3) is 1.00. The summed E-state index contributed by atoms with van der Waals surface area (Å²) in [4.78, 5) is 0. The molecule has 0 bridgehead atoms. The van der Waals surface area contributed by atoms with E-state index in [1.54, 1.807) is 0 Å². The molecule has 1 aliphatic carbocycles. The molecule has 0 aromatic rings. The first-order chi connectivity index (χ1) is 7.33. The molecule has 3 rings (SSSR count). The van der Waals surface area contributed by atoms with Crippen molar-refractivity contribution in [2.75, 3.05) is 33.0 Å². The zero-order chi connectivity index (χ0) is 10.4. The third-order valence-electron chi connectivity index (χ3n) is 5.06. The Labute approximate surface area is 91.3 Å². The van der Waals surface area contributed by atoms with Gasteiger partial charge >= 0.3 is 0 Å². The molecule has 2 saturated heterocycles. The quantitative estimate of drug-likeness (QED) is 0.762. The maximum absolute atomic E-state index is 6.00. The molecule has 3 nitrogen and oxygen atoms in total. The molecule has 15 heavy (non-hydrogen) atoms. The van der Waals surface area contributed by atoms with Gasteiger partial charge in [0.2, 0.25) is 0 Å². The Morgan fingerprint density at radius 2 is 1.60 bits per heavy atom. The number of rotatable bonds is 3. The second-order valence-corrected chi connectivity index (χ2v) is 5.61. The second kappa shape index (κ2) is 3.44. The van der Waals surface area contributed by atoms with Crippen molar-refractivity contribution >= 4 is 0 Å². The summed E-state index contributed by atoms with van der Waals surface area (Å²) in [6.07, 6.45) is 5.55. The Hall–Kier alpha value is -0.120. The highest BCUT2D eigenvalue weighted by Gasteiger charge is 2.62. The highest BCUT2D eigenvalue weighted by molar-refractivity contribution is 5.09. The summed E-state index contributed by atoms with van der Waals surface area (Å²) >= 11 is 0. The minimum Gasteiger partial charge on any atom is -0.380 e. The summed E-state index contributed by atoms with van der Waals surface area (Å²) < 4.78 is 11.0. The van der Waals surface area contributed by atoms with Crippen LogP contribution in [-0.2, 0) is 9.47 Å². The molecule has 0 amide bonds. The molecule has 2 N–H and O–H groups in total. The van der Waals surface area contributed by atoms with Gasteiger partial charge < -0.3 is 15.2 Å². The van der Waals surface area contributed by atoms with Gasteiger partial charge in [0.25, 0.3) is 0 Å². The molecule has 3 heteroatoms. The molecule has 0 spiro atoms. The fourth-order valence-electron chi connectivity index (χ4n) is 3.73. The lowest BCUT2D eigenvalue weighted by atomic mass is 9.54. The van der Waals surface area contributed by atoms with Crippen LogP contribution in [-0.4, -0.2) is 33.0 Å². The van der Waals surface area contributed by atoms with Gasteiger partial charge in [-0.1, -0.05) is 12.8 Å². The van der Waals surface area contributed by atoms with Crippen LogP contribution in [0.5, 0.6) is 0 Å². The summed E-state index contributed by atoms with van der Waals surface area (Å²) in [5.41, 5.74) is 6.62. The Morgan fingerprint density at radius 3 is 1.93 bits per heavy atom. The van der Waals surface area contributed by atoms with E-state index in [9.17, 15) is 0 Å². The fourth-order valence-corrected chi connectivity index (χ4v) is 3.73. The van der Waals surface area contributed by atoms with E-state index in [1.165, 1.54) is 25.7 Å². The van der Waals surface area contributed by atoms with Gasteiger partial charge in [0.1, 0.15) is 0 Å². The van der Waals surface area contributed by atoms with Gasteiger partial charge in [-0.2, -0.15) is 0 Å². The lowest BCUT2D eigenvalue weighted by Crippen LogP contribution is -2.69. The topological polar surface area (TPSA) is 44.5 Å². The SMILES string of the molecule is NCC1(C2(C3CCCC3)COC2)COC1. The summed E-state index contributed by atoms with van der Waals surface area (Å²) in [5, 5.41) is 0. The van der Waals surface area contributed by atoms with Gasteiger partial charge in [-0.25, -0.2) is 0 Å². The first-order valence-corrected chi connectivity index (χ1v) is 6.19. The highest BCUT2D eigenvalue weighted by Crippen LogP contribution is 2.57. The summed E-state index contributed by atoms with van der Waals surface area (Å²) in [5.74, 6) is 0.846. The van der Waals surface area contributed by atoms with Gasteiger partial charge in [0.05, 0.1) is 26.4 Å². The first-order valence-electron chi connectivity index (χ1n) is 6.19. The summed E-state index contributed by atoms with van der Waals surface area (Å²) in [7, 11) is 0. The van der Waals surface area contributed by atoms with Crippen molar-refractivity contribution in [1.29, 1.82) is 0 Å². The van der Waals surface area contributed by atoms with Crippen molar-refractivity contribution in [3.63, 3.8) is 0 Å². The molecule has 0 aromatic heterocycles. The van der Waals surface area contributed by atoms with Crippen molar-refractivity contribution in [1.82, 2.24) is 0 Å². The average molecular weight is 211 g/mol. The van der Waals surface area contributed by atoms with Gasteiger partial charge in [-0.15, -0.1) is 0 Å². The smallest absolute Gasteiger partial charge is 0.0564 e. The Balaban J connectivity index is 1.84. The average Bonchev–Trinajstić information content (AvgIpc) is 2.60. The minimum absolute atomic E-state index is 0.250. The molecule has 2 aliphatic heterocycles. The normalized spacial score (nSPS) is 33.4. The number of nitrogens with two attached hydrogens (primary N) is 1. The van der Waals surface area contributed by atoms with Crippen molar-refractivity contribution in [3.05, 3.63) is 0 Å². The van der Waals surface area contributed by atoms with E-state index in [0.29, 0.717) is 5.41 Å². The Bertz CT molecular complexity index is 234. The van der Waals surface area contributed by atoms with Crippen LogP contribution in [0.4, 0.5) is 0 Å². The maximum atomic E-state index is 6.00. The van der Waals surface area contributed by atoms with Crippen molar-refractivity contribution in [2.45, 2.75) is 25.7 Å². The zero-order valence-electron chi connectivity index (χ0n) is 9.34. The van der Waals surface area contributed by atoms with Crippen LogP contribution in [0.2, 0.25) is 0 Å². The minimum atomic E-state index is 0.250. The number of ether oxygens (including phenoxy) is 2. The van der Waals surface area contributed by atoms with E-state index in [-0.39, 0.29) is 5.41 Å². The second-order valence-electron chi connectivity index (χ2n) is 5.61. The van der Waals surface area contributed by atoms with E-state index < -0.39 is 0 Å². The van der Waals surface area contributed by atoms with Crippen LogP contribution in [0, 0.1) is 16.7 Å². The Morgan fingerprint density at radius 1 is 1.00 bits per heavy atom. The van der Waals surface area contributed by atoms with Crippen LogP contribution in [0.15, 0.2) is 0 Å². The van der Waals surface area contributed by atoms with Crippen LogP contribution in [0.1, 0.15) is 25.7 Å². The molecule has 2 heterocycles. The van der Waals surface area contributed by atoms with E-state index >= 15 is 0 Å². The number of hydrogen-bond donors (Lipinski definition) is 1. The van der Waals surface area contributed by atoms with Crippen LogP contribution in [0.3, 0.4) is 0 Å². The standard InChI is InChI=1S/C12H21NO2/c13-5-11(6-14-7-11)12(8-15-9-12)10-3-1-2-4-10/h10H,1-9,13H2. The van der Waals surface area contributed by atoms with Crippen molar-refractivity contribution in [2.24, 2.45) is 22.5 Å². The van der Waals surface area contributed by atoms with Crippen LogP contribution >= 0.6 is 0 Å². The molecule has 0 atom stereocenters. The highest BCUT2D eigenvalue weighted by atomic mass is 16.5. The largest absolute Gasteiger partial charge is 0.380 e. The summed E-state index contributed by atoms with van der Waals surface area (Å²) in [6, 6.07) is 0. The predicted octanol–water partition coefficient (Wildman–Crippen LogP) is 1.17. The zero-order valence-corrected chi connectivity index (χ0v) is 9.34. The Kier molecular flexibility index (Phi) is 2.31. The molecular weight excluding hydrogens is 190 g/mol. The first kappa shape index (κ1) is 10.1. The molecule has 0 unspecified atom stereocenters. The van der Waals surface area contributed by atoms with Gasteiger partial charge in [0.15, 0.2) is 0 Å². The molecule has 86 valence electrons. The summed E-state index contributed by atoms with van der Waals surface area (Å²) in [6.45, 7) is 4.36. The molecule has 0 radical (unpaired) electrons. The lowest BCUT2D eigenvalue weighted by Gasteiger charge is -2.61. The van der Waals surface area contributed by atoms with Gasteiger partial charge in [-0.3, -0.25) is 0 Å². The van der Waals surface area contributed by atoms with Crippen LogP contribution < -0.4 is 5.73 Å². The van der Waals surface area contributed by atoms with Crippen molar-refractivity contribution < 1.29 is 9.47 Å². The molecule has 0 aromatic carbocycles. The van der Waals surface area contributed by atoms with E-state index in [2.05, 4.69) is 0 Å². The van der Waals surface area contributed by atoms with E-state index in [0.717, 1.165) is 38.9 Å². The van der Waals surface area contributed by atoms with Gasteiger partial charge in [-0.05, 0) is 18.8 Å². The monoisotopic (exact) mass is 211 g/mol. The molecule has 3 fully saturated rings. The molecular formula is C12H21NO2. The predicted molar refractivity (Wildman–Crippen MR) is 57.5 cm³/mol. The van der Waals surface area contributed by atoms with E-state index in [4.69, 9.17) is 15.2 Å².